The third-order valence-electron chi connectivity index (χ3n) is 10.9. The fraction of sp³-hybridized carbons (Fsp3) is 0.962. The maximum atomic E-state index is 12.2. The van der Waals surface area contributed by atoms with Gasteiger partial charge in [0, 0.05) is 13.0 Å². The molecule has 35 heavy (non-hydrogen) atoms. The molecule has 0 spiro atoms. The highest BCUT2D eigenvalue weighted by Crippen LogP contribution is 2.68. The average molecular weight is 516 g/mol. The van der Waals surface area contributed by atoms with Gasteiger partial charge in [-0.3, -0.25) is 9.35 Å². The monoisotopic (exact) mass is 515 g/mol. The quantitative estimate of drug-likeness (QED) is 0.327. The molecule has 0 aromatic heterocycles. The third kappa shape index (κ3) is 5.17. The van der Waals surface area contributed by atoms with Crippen LogP contribution in [0.2, 0.25) is 0 Å². The molecule has 1 amide bonds. The first-order chi connectivity index (χ1) is 16.3. The lowest BCUT2D eigenvalue weighted by atomic mass is 9.43. The zero-order valence-electron chi connectivity index (χ0n) is 21.4. The standard InChI is InChI=1S/C26H45NO7S/c1-15(4-5-22(31)27-10-11-35(32,33)34)24-21(30)14-19-23-18(7-9-26(19,24)3)25(2)8-6-17(28)12-16(25)13-20(23)29/h15-21,23-24,28-30H,4-14H2,1-3H3,(H,27,31)(H,32,33,34)/t15-,16+,17-,18+,19+,20-,21-,23-,24+,25+,26+/m1/s1. The molecule has 0 radical (unpaired) electrons. The molecule has 0 bridgehead atoms. The van der Waals surface area contributed by atoms with Crippen molar-refractivity contribution in [2.45, 2.75) is 96.9 Å². The number of carbonyl (C=O) groups excluding carboxylic acids is 1. The molecule has 0 aromatic carbocycles. The number of aliphatic hydroxyl groups excluding tert-OH is 3. The number of hydrogen-bond donors (Lipinski definition) is 5. The SMILES string of the molecule is C[C@H](CCC(=O)NCCS(=O)(=O)O)[C@H]1[C@H](O)C[C@H]2[C@@H]3[C@H](O)C[C@@H]4C[C@H](O)CC[C@]4(C)[C@H]3CC[C@]12C. The number of hydrogen-bond acceptors (Lipinski definition) is 6. The maximum Gasteiger partial charge on any atom is 0.266 e. The number of carbonyl (C=O) groups is 1. The lowest BCUT2D eigenvalue weighted by Crippen LogP contribution is -2.58. The summed E-state index contributed by atoms with van der Waals surface area (Å²) in [6, 6.07) is 0. The molecule has 0 heterocycles. The first-order valence-corrected chi connectivity index (χ1v) is 15.1. The molecule has 4 saturated carbocycles. The van der Waals surface area contributed by atoms with E-state index in [1.807, 2.05) is 0 Å². The van der Waals surface area contributed by atoms with E-state index in [1.54, 1.807) is 0 Å². The van der Waals surface area contributed by atoms with Crippen molar-refractivity contribution in [3.8, 4) is 0 Å². The maximum absolute atomic E-state index is 12.2. The Kier molecular flexibility index (Phi) is 7.69. The second-order valence-electron chi connectivity index (χ2n) is 12.7. The molecule has 0 aliphatic heterocycles. The fourth-order valence-corrected chi connectivity index (χ4v) is 9.59. The summed E-state index contributed by atoms with van der Waals surface area (Å²) in [7, 11) is -4.10. The molecule has 202 valence electrons. The number of nitrogens with one attached hydrogen (secondary N) is 1. The fourth-order valence-electron chi connectivity index (χ4n) is 9.23. The molecule has 0 saturated heterocycles. The second-order valence-corrected chi connectivity index (χ2v) is 14.3. The number of fused-ring (bicyclic) bond motifs is 5. The van der Waals surface area contributed by atoms with E-state index in [0.717, 1.165) is 38.5 Å². The molecule has 11 atom stereocenters. The topological polar surface area (TPSA) is 144 Å². The predicted molar refractivity (Wildman–Crippen MR) is 132 cm³/mol. The van der Waals surface area contributed by atoms with E-state index in [0.29, 0.717) is 24.7 Å². The van der Waals surface area contributed by atoms with Crippen LogP contribution < -0.4 is 5.32 Å². The summed E-state index contributed by atoms with van der Waals surface area (Å²) < 4.78 is 30.5. The Morgan fingerprint density at radius 3 is 2.37 bits per heavy atom. The Morgan fingerprint density at radius 1 is 1.00 bits per heavy atom. The van der Waals surface area contributed by atoms with Crippen molar-refractivity contribution in [3.63, 3.8) is 0 Å². The van der Waals surface area contributed by atoms with Gasteiger partial charge in [0.2, 0.25) is 5.91 Å². The van der Waals surface area contributed by atoms with Crippen LogP contribution in [0.15, 0.2) is 0 Å². The van der Waals surface area contributed by atoms with Gasteiger partial charge < -0.3 is 20.6 Å². The van der Waals surface area contributed by atoms with Gasteiger partial charge in [-0.1, -0.05) is 20.8 Å². The second kappa shape index (κ2) is 9.86. The van der Waals surface area contributed by atoms with Crippen LogP contribution in [-0.4, -0.2) is 64.8 Å². The summed E-state index contributed by atoms with van der Waals surface area (Å²) in [5.41, 5.74) is 0.0407. The predicted octanol–water partition coefficient (Wildman–Crippen LogP) is 2.37. The van der Waals surface area contributed by atoms with Gasteiger partial charge in [-0.2, -0.15) is 8.42 Å². The van der Waals surface area contributed by atoms with Crippen molar-refractivity contribution in [1.29, 1.82) is 0 Å². The van der Waals surface area contributed by atoms with Crippen LogP contribution in [0.1, 0.15) is 78.6 Å². The largest absolute Gasteiger partial charge is 0.393 e. The van der Waals surface area contributed by atoms with Gasteiger partial charge in [0.25, 0.3) is 10.1 Å². The molecule has 0 aromatic rings. The molecule has 9 heteroatoms. The summed E-state index contributed by atoms with van der Waals surface area (Å²) in [4.78, 5) is 12.2. The van der Waals surface area contributed by atoms with Gasteiger partial charge in [-0.15, -0.1) is 0 Å². The minimum atomic E-state index is -4.10. The Labute approximate surface area is 210 Å². The van der Waals surface area contributed by atoms with Crippen molar-refractivity contribution >= 4 is 16.0 Å². The highest BCUT2D eigenvalue weighted by atomic mass is 32.2. The first kappa shape index (κ1) is 27.3. The normalized spacial score (nSPS) is 46.3. The summed E-state index contributed by atoms with van der Waals surface area (Å²) in [6.07, 6.45) is 5.80. The zero-order chi connectivity index (χ0) is 25.8. The first-order valence-electron chi connectivity index (χ1n) is 13.5. The Hall–Kier alpha value is -0.740. The van der Waals surface area contributed by atoms with E-state index < -0.39 is 28.1 Å². The van der Waals surface area contributed by atoms with E-state index in [-0.39, 0.29) is 59.5 Å². The lowest BCUT2D eigenvalue weighted by Gasteiger charge is -2.62. The van der Waals surface area contributed by atoms with Gasteiger partial charge in [0.15, 0.2) is 0 Å². The van der Waals surface area contributed by atoms with E-state index in [2.05, 4.69) is 26.1 Å². The molecule has 4 fully saturated rings. The summed E-state index contributed by atoms with van der Waals surface area (Å²) in [5.74, 6) is 0.581. The molecule has 4 rings (SSSR count). The van der Waals surface area contributed by atoms with E-state index >= 15 is 0 Å². The van der Waals surface area contributed by atoms with E-state index in [9.17, 15) is 28.5 Å². The Bertz CT molecular complexity index is 896. The van der Waals surface area contributed by atoms with Crippen molar-refractivity contribution in [2.75, 3.05) is 12.3 Å². The smallest absolute Gasteiger partial charge is 0.266 e. The molecule has 0 unspecified atom stereocenters. The van der Waals surface area contributed by atoms with Gasteiger partial charge in [0.05, 0.1) is 24.1 Å². The minimum Gasteiger partial charge on any atom is -0.393 e. The van der Waals surface area contributed by atoms with Crippen molar-refractivity contribution in [2.24, 2.45) is 46.3 Å². The lowest BCUT2D eigenvalue weighted by molar-refractivity contribution is -0.174. The Morgan fingerprint density at radius 2 is 1.69 bits per heavy atom. The van der Waals surface area contributed by atoms with Crippen LogP contribution in [0.3, 0.4) is 0 Å². The van der Waals surface area contributed by atoms with Crippen LogP contribution >= 0.6 is 0 Å². The zero-order valence-corrected chi connectivity index (χ0v) is 22.2. The van der Waals surface area contributed by atoms with Gasteiger partial charge in [0.1, 0.15) is 0 Å². The van der Waals surface area contributed by atoms with Crippen LogP contribution in [0, 0.1) is 46.3 Å². The van der Waals surface area contributed by atoms with E-state index in [4.69, 9.17) is 4.55 Å². The van der Waals surface area contributed by atoms with E-state index in [1.165, 1.54) is 0 Å². The molecular weight excluding hydrogens is 470 g/mol. The van der Waals surface area contributed by atoms with Crippen molar-refractivity contribution < 1.29 is 33.1 Å². The van der Waals surface area contributed by atoms with Crippen molar-refractivity contribution in [1.82, 2.24) is 5.32 Å². The molecule has 8 nitrogen and oxygen atoms in total. The number of aliphatic hydroxyl groups is 3. The van der Waals surface area contributed by atoms with Crippen molar-refractivity contribution in [3.05, 3.63) is 0 Å². The van der Waals surface area contributed by atoms with Gasteiger partial charge in [-0.05, 0) is 97.7 Å². The highest BCUT2D eigenvalue weighted by molar-refractivity contribution is 7.85. The van der Waals surface area contributed by atoms with Crippen LogP contribution in [0.5, 0.6) is 0 Å². The number of amides is 1. The molecule has 4 aliphatic carbocycles. The molecule has 4 aliphatic rings. The number of rotatable bonds is 7. The third-order valence-corrected chi connectivity index (χ3v) is 11.6. The Balaban J connectivity index is 1.43. The van der Waals surface area contributed by atoms with Crippen LogP contribution in [0.4, 0.5) is 0 Å². The molecular formula is C26H45NO7S. The van der Waals surface area contributed by atoms with Crippen LogP contribution in [0.25, 0.3) is 0 Å². The average Bonchev–Trinajstić information content (AvgIpc) is 3.02. The minimum absolute atomic E-state index is 0.0463. The van der Waals surface area contributed by atoms with Crippen LogP contribution in [-0.2, 0) is 14.9 Å². The highest BCUT2D eigenvalue weighted by Gasteiger charge is 2.64. The van der Waals surface area contributed by atoms with Gasteiger partial charge in [-0.25, -0.2) is 0 Å². The molecule has 5 N–H and O–H groups in total. The van der Waals surface area contributed by atoms with Gasteiger partial charge >= 0.3 is 0 Å². The summed E-state index contributed by atoms with van der Waals surface area (Å²) in [5, 5.41) is 35.4. The summed E-state index contributed by atoms with van der Waals surface area (Å²) >= 11 is 0. The summed E-state index contributed by atoms with van der Waals surface area (Å²) in [6.45, 7) is 6.64.